The molecule has 0 aliphatic heterocycles. The van der Waals surface area contributed by atoms with Crippen LogP contribution in [0.2, 0.25) is 0 Å². The molecule has 6 rings (SSSR count). The molecule has 33 heavy (non-hydrogen) atoms. The van der Waals surface area contributed by atoms with Crippen LogP contribution in [-0.4, -0.2) is 0 Å². The van der Waals surface area contributed by atoms with Crippen molar-refractivity contribution in [2.45, 2.75) is 11.8 Å². The number of nitrogen functional groups attached to an aromatic ring is 1. The van der Waals surface area contributed by atoms with Gasteiger partial charge in [-0.15, -0.1) is 0 Å². The summed E-state index contributed by atoms with van der Waals surface area (Å²) in [7, 11) is 0. The Hall–Kier alpha value is -4.10. The number of rotatable bonds is 4. The fourth-order valence-corrected chi connectivity index (χ4v) is 5.56. The molecule has 0 aromatic heterocycles. The van der Waals surface area contributed by atoms with Gasteiger partial charge in [0, 0.05) is 11.3 Å². The van der Waals surface area contributed by atoms with Gasteiger partial charge in [0.05, 0.1) is 5.41 Å². The molecular weight excluding hydrogens is 398 g/mol. The Morgan fingerprint density at radius 1 is 0.515 bits per heavy atom. The zero-order valence-corrected chi connectivity index (χ0v) is 18.4. The van der Waals surface area contributed by atoms with E-state index in [9.17, 15) is 0 Å². The Kier molecular flexibility index (Phi) is 4.62. The SMILES string of the molecule is Nc1cccc2c1-c1cc(Cc3ccccc3)ccc1C2(c1ccccc1)c1ccccc1. The maximum Gasteiger partial charge on any atom is 0.0714 e. The van der Waals surface area contributed by atoms with Crippen LogP contribution in [0.1, 0.15) is 33.4 Å². The lowest BCUT2D eigenvalue weighted by Crippen LogP contribution is -2.28. The van der Waals surface area contributed by atoms with Gasteiger partial charge in [-0.2, -0.15) is 0 Å². The van der Waals surface area contributed by atoms with Crippen molar-refractivity contribution in [2.24, 2.45) is 0 Å². The lowest BCUT2D eigenvalue weighted by molar-refractivity contribution is 0.768. The van der Waals surface area contributed by atoms with E-state index in [-0.39, 0.29) is 0 Å². The molecule has 0 bridgehead atoms. The monoisotopic (exact) mass is 423 g/mol. The van der Waals surface area contributed by atoms with E-state index in [1.807, 2.05) is 6.07 Å². The highest BCUT2D eigenvalue weighted by Crippen LogP contribution is 2.57. The Balaban J connectivity index is 1.66. The molecule has 0 spiro atoms. The number of nitrogens with two attached hydrogens (primary N) is 1. The van der Waals surface area contributed by atoms with Crippen LogP contribution in [0.5, 0.6) is 0 Å². The average molecular weight is 424 g/mol. The van der Waals surface area contributed by atoms with Gasteiger partial charge in [0.15, 0.2) is 0 Å². The van der Waals surface area contributed by atoms with Gasteiger partial charge in [-0.3, -0.25) is 0 Å². The molecular formula is C32H25N. The van der Waals surface area contributed by atoms with Crippen molar-refractivity contribution in [2.75, 3.05) is 5.73 Å². The maximum atomic E-state index is 6.67. The third kappa shape index (κ3) is 3.01. The van der Waals surface area contributed by atoms with E-state index in [0.29, 0.717) is 0 Å². The number of anilines is 1. The summed E-state index contributed by atoms with van der Waals surface area (Å²) in [5.74, 6) is 0. The van der Waals surface area contributed by atoms with E-state index >= 15 is 0 Å². The van der Waals surface area contributed by atoms with Crippen molar-refractivity contribution in [3.8, 4) is 11.1 Å². The summed E-state index contributed by atoms with van der Waals surface area (Å²) in [5.41, 5.74) is 17.2. The van der Waals surface area contributed by atoms with Crippen LogP contribution in [0, 0.1) is 0 Å². The third-order valence-corrected chi connectivity index (χ3v) is 6.92. The van der Waals surface area contributed by atoms with Gasteiger partial charge in [0.25, 0.3) is 0 Å². The van der Waals surface area contributed by atoms with Crippen molar-refractivity contribution in [1.29, 1.82) is 0 Å². The predicted molar refractivity (Wildman–Crippen MR) is 137 cm³/mol. The molecule has 2 N–H and O–H groups in total. The number of fused-ring (bicyclic) bond motifs is 3. The Bertz CT molecular complexity index is 1380. The van der Waals surface area contributed by atoms with Crippen LogP contribution < -0.4 is 5.73 Å². The van der Waals surface area contributed by atoms with E-state index in [1.54, 1.807) is 0 Å². The summed E-state index contributed by atoms with van der Waals surface area (Å²) < 4.78 is 0. The van der Waals surface area contributed by atoms with Crippen LogP contribution in [0.4, 0.5) is 5.69 Å². The number of hydrogen-bond acceptors (Lipinski definition) is 1. The van der Waals surface area contributed by atoms with Crippen molar-refractivity contribution in [1.82, 2.24) is 0 Å². The van der Waals surface area contributed by atoms with Gasteiger partial charge < -0.3 is 5.73 Å². The van der Waals surface area contributed by atoms with Crippen LogP contribution in [0.3, 0.4) is 0 Å². The lowest BCUT2D eigenvalue weighted by Gasteiger charge is -2.34. The van der Waals surface area contributed by atoms with Gasteiger partial charge in [-0.25, -0.2) is 0 Å². The molecule has 5 aromatic carbocycles. The summed E-state index contributed by atoms with van der Waals surface area (Å²) in [5, 5.41) is 0. The fraction of sp³-hybridized carbons (Fsp3) is 0.0625. The topological polar surface area (TPSA) is 26.0 Å². The summed E-state index contributed by atoms with van der Waals surface area (Å²) in [6.45, 7) is 0. The minimum absolute atomic E-state index is 0.395. The summed E-state index contributed by atoms with van der Waals surface area (Å²) >= 11 is 0. The Morgan fingerprint density at radius 3 is 1.76 bits per heavy atom. The molecule has 0 fully saturated rings. The van der Waals surface area contributed by atoms with Crippen molar-refractivity contribution >= 4 is 5.69 Å². The van der Waals surface area contributed by atoms with Crippen molar-refractivity contribution in [3.63, 3.8) is 0 Å². The van der Waals surface area contributed by atoms with Gasteiger partial charge in [0.2, 0.25) is 0 Å². The molecule has 1 aliphatic rings. The molecule has 158 valence electrons. The van der Waals surface area contributed by atoms with Crippen LogP contribution in [0.15, 0.2) is 127 Å². The van der Waals surface area contributed by atoms with Gasteiger partial charge in [-0.05, 0) is 51.4 Å². The van der Waals surface area contributed by atoms with Crippen molar-refractivity contribution in [3.05, 3.63) is 161 Å². The lowest BCUT2D eigenvalue weighted by atomic mass is 9.67. The van der Waals surface area contributed by atoms with E-state index in [0.717, 1.165) is 17.7 Å². The first-order chi connectivity index (χ1) is 16.3. The summed E-state index contributed by atoms with van der Waals surface area (Å²) in [6, 6.07) is 45.7. The molecule has 0 atom stereocenters. The Labute approximate surface area is 195 Å². The van der Waals surface area contributed by atoms with E-state index in [1.165, 1.54) is 38.9 Å². The molecule has 1 aliphatic carbocycles. The second-order valence-corrected chi connectivity index (χ2v) is 8.79. The van der Waals surface area contributed by atoms with Crippen LogP contribution in [0.25, 0.3) is 11.1 Å². The highest BCUT2D eigenvalue weighted by Gasteiger charge is 2.46. The molecule has 0 saturated carbocycles. The standard InChI is InChI=1S/C32H25N/c33-30-18-10-17-29-31(30)27-22-24(21-23-11-4-1-5-12-23)19-20-28(27)32(29,25-13-6-2-7-14-25)26-15-8-3-9-16-26/h1-20,22H,21,33H2. The molecule has 1 nitrogen and oxygen atoms in total. The van der Waals surface area contributed by atoms with Gasteiger partial charge in [0.1, 0.15) is 0 Å². The fourth-order valence-electron chi connectivity index (χ4n) is 5.56. The van der Waals surface area contributed by atoms with Gasteiger partial charge >= 0.3 is 0 Å². The zero-order chi connectivity index (χ0) is 22.3. The molecule has 1 heteroatoms. The number of hydrogen-bond donors (Lipinski definition) is 1. The minimum Gasteiger partial charge on any atom is -0.398 e. The second kappa shape index (κ2) is 7.79. The Morgan fingerprint density at radius 2 is 1.12 bits per heavy atom. The first-order valence-electron chi connectivity index (χ1n) is 11.5. The van der Waals surface area contributed by atoms with Crippen LogP contribution in [-0.2, 0) is 11.8 Å². The third-order valence-electron chi connectivity index (χ3n) is 6.92. The molecule has 0 heterocycles. The molecule has 5 aromatic rings. The predicted octanol–water partition coefficient (Wildman–Crippen LogP) is 7.22. The smallest absolute Gasteiger partial charge is 0.0714 e. The zero-order valence-electron chi connectivity index (χ0n) is 18.4. The second-order valence-electron chi connectivity index (χ2n) is 8.79. The van der Waals surface area contributed by atoms with E-state index in [2.05, 4.69) is 121 Å². The van der Waals surface area contributed by atoms with E-state index in [4.69, 9.17) is 5.73 Å². The molecule has 0 radical (unpaired) electrons. The molecule has 0 unspecified atom stereocenters. The van der Waals surface area contributed by atoms with Crippen LogP contribution >= 0.6 is 0 Å². The first kappa shape index (κ1) is 19.6. The van der Waals surface area contributed by atoms with Gasteiger partial charge in [-0.1, -0.05) is 121 Å². The maximum absolute atomic E-state index is 6.67. The summed E-state index contributed by atoms with van der Waals surface area (Å²) in [6.07, 6.45) is 0.903. The minimum atomic E-state index is -0.395. The first-order valence-corrected chi connectivity index (χ1v) is 11.5. The molecule has 0 amide bonds. The largest absolute Gasteiger partial charge is 0.398 e. The summed E-state index contributed by atoms with van der Waals surface area (Å²) in [4.78, 5) is 0. The highest BCUT2D eigenvalue weighted by atomic mass is 14.6. The average Bonchev–Trinajstić information content (AvgIpc) is 3.17. The normalized spacial score (nSPS) is 13.3. The highest BCUT2D eigenvalue weighted by molar-refractivity contribution is 5.92. The number of benzene rings is 5. The van der Waals surface area contributed by atoms with Crippen molar-refractivity contribution < 1.29 is 0 Å². The molecule has 0 saturated heterocycles. The quantitative estimate of drug-likeness (QED) is 0.298. The van der Waals surface area contributed by atoms with E-state index < -0.39 is 5.41 Å².